The van der Waals surface area contributed by atoms with Crippen LogP contribution in [0.2, 0.25) is 0 Å². The molecular weight excluding hydrogens is 456 g/mol. The minimum absolute atomic E-state index is 0.104. The van der Waals surface area contributed by atoms with Gasteiger partial charge in [0.2, 0.25) is 17.7 Å². The summed E-state index contributed by atoms with van der Waals surface area (Å²) in [6, 6.07) is 11.8. The van der Waals surface area contributed by atoms with Crippen LogP contribution in [-0.2, 0) is 27.3 Å². The lowest BCUT2D eigenvalue weighted by molar-refractivity contribution is -0.133. The summed E-state index contributed by atoms with van der Waals surface area (Å²) in [6.45, 7) is 9.86. The highest BCUT2D eigenvalue weighted by Crippen LogP contribution is 2.14. The Hall–Kier alpha value is -3.39. The SMILES string of the molecule is CC[C@H](C)[C@H](NC(=O)[C@H](Cc1ccc(O)cc1)NC(=O)[C@@H](N)C(C)C)C(=O)NCc1ccc(C)cc1. The van der Waals surface area contributed by atoms with Crippen LogP contribution in [0.5, 0.6) is 5.75 Å². The number of phenols is 1. The van der Waals surface area contributed by atoms with Gasteiger partial charge in [0.1, 0.15) is 17.8 Å². The van der Waals surface area contributed by atoms with E-state index >= 15 is 0 Å². The molecular formula is C28H40N4O4. The van der Waals surface area contributed by atoms with E-state index in [2.05, 4.69) is 16.0 Å². The van der Waals surface area contributed by atoms with Crippen molar-refractivity contribution in [2.75, 3.05) is 0 Å². The number of nitrogens with one attached hydrogen (secondary N) is 3. The molecule has 8 nitrogen and oxygen atoms in total. The van der Waals surface area contributed by atoms with Crippen LogP contribution in [0, 0.1) is 18.8 Å². The number of nitrogens with two attached hydrogens (primary N) is 1. The fourth-order valence-electron chi connectivity index (χ4n) is 3.61. The average molecular weight is 497 g/mol. The third kappa shape index (κ3) is 8.68. The Morgan fingerprint density at radius 1 is 0.861 bits per heavy atom. The second-order valence-electron chi connectivity index (χ2n) is 9.78. The first-order valence-corrected chi connectivity index (χ1v) is 12.5. The van der Waals surface area contributed by atoms with E-state index in [1.54, 1.807) is 12.1 Å². The van der Waals surface area contributed by atoms with Crippen LogP contribution in [0.25, 0.3) is 0 Å². The number of carbonyl (C=O) groups is 3. The first-order chi connectivity index (χ1) is 17.0. The number of aromatic hydroxyl groups is 1. The minimum Gasteiger partial charge on any atom is -0.508 e. The molecule has 0 aromatic heterocycles. The highest BCUT2D eigenvalue weighted by atomic mass is 16.3. The Morgan fingerprint density at radius 2 is 1.44 bits per heavy atom. The van der Waals surface area contributed by atoms with Crippen molar-refractivity contribution in [2.24, 2.45) is 17.6 Å². The van der Waals surface area contributed by atoms with Crippen LogP contribution >= 0.6 is 0 Å². The minimum atomic E-state index is -0.941. The van der Waals surface area contributed by atoms with Crippen molar-refractivity contribution in [1.29, 1.82) is 0 Å². The van der Waals surface area contributed by atoms with Crippen molar-refractivity contribution >= 4 is 17.7 Å². The number of hydrogen-bond acceptors (Lipinski definition) is 5. The number of rotatable bonds is 12. The lowest BCUT2D eigenvalue weighted by Crippen LogP contribution is -2.58. The van der Waals surface area contributed by atoms with E-state index in [1.807, 2.05) is 58.9 Å². The van der Waals surface area contributed by atoms with E-state index in [1.165, 1.54) is 12.1 Å². The van der Waals surface area contributed by atoms with Gasteiger partial charge in [-0.1, -0.05) is 76.1 Å². The zero-order valence-electron chi connectivity index (χ0n) is 21.9. The van der Waals surface area contributed by atoms with Crippen LogP contribution < -0.4 is 21.7 Å². The lowest BCUT2D eigenvalue weighted by Gasteiger charge is -2.27. The van der Waals surface area contributed by atoms with Gasteiger partial charge < -0.3 is 26.8 Å². The molecule has 2 aromatic rings. The number of benzene rings is 2. The Kier molecular flexibility index (Phi) is 10.9. The Balaban J connectivity index is 2.18. The van der Waals surface area contributed by atoms with Gasteiger partial charge >= 0.3 is 0 Å². The van der Waals surface area contributed by atoms with Crippen molar-refractivity contribution in [3.8, 4) is 5.75 Å². The summed E-state index contributed by atoms with van der Waals surface area (Å²) < 4.78 is 0. The molecule has 0 radical (unpaired) electrons. The van der Waals surface area contributed by atoms with Gasteiger partial charge in [0.05, 0.1) is 6.04 Å². The molecule has 0 spiro atoms. The molecule has 4 atom stereocenters. The van der Waals surface area contributed by atoms with Gasteiger partial charge in [0.25, 0.3) is 0 Å². The molecule has 2 aromatic carbocycles. The van der Waals surface area contributed by atoms with E-state index < -0.39 is 29.9 Å². The summed E-state index contributed by atoms with van der Waals surface area (Å²) in [5, 5.41) is 18.1. The maximum atomic E-state index is 13.4. The molecule has 6 N–H and O–H groups in total. The summed E-state index contributed by atoms with van der Waals surface area (Å²) in [4.78, 5) is 39.2. The summed E-state index contributed by atoms with van der Waals surface area (Å²) in [5.41, 5.74) is 8.84. The number of phenolic OH excluding ortho intramolecular Hbond substituents is 1. The van der Waals surface area contributed by atoms with Gasteiger partial charge in [0.15, 0.2) is 0 Å². The summed E-state index contributed by atoms with van der Waals surface area (Å²) in [5.74, 6) is -1.33. The normalized spacial score (nSPS) is 14.4. The second-order valence-corrected chi connectivity index (χ2v) is 9.78. The number of hydrogen-bond donors (Lipinski definition) is 5. The molecule has 0 aliphatic rings. The topological polar surface area (TPSA) is 134 Å². The van der Waals surface area contributed by atoms with Gasteiger partial charge in [-0.2, -0.15) is 0 Å². The van der Waals surface area contributed by atoms with Crippen LogP contribution in [0.15, 0.2) is 48.5 Å². The molecule has 0 aliphatic heterocycles. The maximum Gasteiger partial charge on any atom is 0.243 e. The van der Waals surface area contributed by atoms with Crippen molar-refractivity contribution in [2.45, 2.75) is 72.1 Å². The summed E-state index contributed by atoms with van der Waals surface area (Å²) in [6.07, 6.45) is 0.858. The summed E-state index contributed by atoms with van der Waals surface area (Å²) >= 11 is 0. The van der Waals surface area contributed by atoms with Crippen LogP contribution in [0.1, 0.15) is 50.8 Å². The largest absolute Gasteiger partial charge is 0.508 e. The number of aryl methyl sites for hydroxylation is 1. The monoisotopic (exact) mass is 496 g/mol. The van der Waals surface area contributed by atoms with E-state index in [9.17, 15) is 19.5 Å². The average Bonchev–Trinajstić information content (AvgIpc) is 2.86. The fourth-order valence-corrected chi connectivity index (χ4v) is 3.61. The van der Waals surface area contributed by atoms with Crippen molar-refractivity contribution in [3.05, 3.63) is 65.2 Å². The summed E-state index contributed by atoms with van der Waals surface area (Å²) in [7, 11) is 0. The van der Waals surface area contributed by atoms with Gasteiger partial charge in [0, 0.05) is 13.0 Å². The predicted molar refractivity (Wildman–Crippen MR) is 141 cm³/mol. The van der Waals surface area contributed by atoms with Crippen LogP contribution in [0.4, 0.5) is 0 Å². The third-order valence-electron chi connectivity index (χ3n) is 6.41. The highest BCUT2D eigenvalue weighted by molar-refractivity contribution is 5.93. The van der Waals surface area contributed by atoms with E-state index in [-0.39, 0.29) is 29.9 Å². The van der Waals surface area contributed by atoms with Crippen LogP contribution in [-0.4, -0.2) is 41.0 Å². The lowest BCUT2D eigenvalue weighted by atomic mass is 9.96. The number of amides is 3. The molecule has 196 valence electrons. The van der Waals surface area contributed by atoms with Gasteiger partial charge in [-0.3, -0.25) is 14.4 Å². The maximum absolute atomic E-state index is 13.4. The van der Waals surface area contributed by atoms with Gasteiger partial charge in [-0.15, -0.1) is 0 Å². The quantitative estimate of drug-likeness (QED) is 0.308. The van der Waals surface area contributed by atoms with Gasteiger partial charge in [-0.05, 0) is 42.0 Å². The van der Waals surface area contributed by atoms with Crippen molar-refractivity contribution in [3.63, 3.8) is 0 Å². The standard InChI is InChI=1S/C28H40N4O4/c1-6-19(5)25(28(36)30-16-21-9-7-18(4)8-10-21)32-26(34)23(31-27(35)24(29)17(2)3)15-20-11-13-22(33)14-12-20/h7-14,17,19,23-25,33H,6,15-16,29H2,1-5H3,(H,30,36)(H,31,35)(H,32,34)/t19-,23-,24-,25-/m0/s1. The molecule has 0 fully saturated rings. The molecule has 0 aliphatic carbocycles. The van der Waals surface area contributed by atoms with Crippen LogP contribution in [0.3, 0.4) is 0 Å². The molecule has 0 heterocycles. The smallest absolute Gasteiger partial charge is 0.243 e. The van der Waals surface area contributed by atoms with Crippen molar-refractivity contribution in [1.82, 2.24) is 16.0 Å². The van der Waals surface area contributed by atoms with E-state index in [0.29, 0.717) is 13.0 Å². The second kappa shape index (κ2) is 13.6. The molecule has 8 heteroatoms. The third-order valence-corrected chi connectivity index (χ3v) is 6.41. The number of carbonyl (C=O) groups excluding carboxylic acids is 3. The molecule has 3 amide bonds. The Bertz CT molecular complexity index is 1010. The molecule has 36 heavy (non-hydrogen) atoms. The zero-order valence-corrected chi connectivity index (χ0v) is 21.9. The zero-order chi connectivity index (χ0) is 26.8. The van der Waals surface area contributed by atoms with Crippen molar-refractivity contribution < 1.29 is 19.5 Å². The Labute approximate surface area is 214 Å². The van der Waals surface area contributed by atoms with Gasteiger partial charge in [-0.25, -0.2) is 0 Å². The predicted octanol–water partition coefficient (Wildman–Crippen LogP) is 2.56. The molecule has 0 bridgehead atoms. The molecule has 0 unspecified atom stereocenters. The van der Waals surface area contributed by atoms with E-state index in [0.717, 1.165) is 16.7 Å². The molecule has 0 saturated heterocycles. The first-order valence-electron chi connectivity index (χ1n) is 12.5. The highest BCUT2D eigenvalue weighted by Gasteiger charge is 2.31. The molecule has 2 rings (SSSR count). The molecule has 0 saturated carbocycles. The fraction of sp³-hybridized carbons (Fsp3) is 0.464. The van der Waals surface area contributed by atoms with E-state index in [4.69, 9.17) is 5.73 Å². The Morgan fingerprint density at radius 3 is 2.00 bits per heavy atom. The first kappa shape index (κ1) is 28.8.